The molecule has 5 heterocycles. The number of nitrogens with one attached hydrogen (secondary N) is 3. The van der Waals surface area contributed by atoms with Crippen LogP contribution in [-0.2, 0) is 0 Å². The lowest BCUT2D eigenvalue weighted by atomic mass is 10.1. The lowest BCUT2D eigenvalue weighted by Crippen LogP contribution is -2.32. The summed E-state index contributed by atoms with van der Waals surface area (Å²) < 4.78 is 16.8. The summed E-state index contributed by atoms with van der Waals surface area (Å²) in [5.41, 5.74) is 3.91. The van der Waals surface area contributed by atoms with Gasteiger partial charge in [-0.15, -0.1) is 0 Å². The van der Waals surface area contributed by atoms with Crippen LogP contribution in [0.4, 0.5) is 14.9 Å². The molecule has 6 rings (SSSR count). The molecule has 0 spiro atoms. The van der Waals surface area contributed by atoms with E-state index in [1.165, 1.54) is 6.07 Å². The SMILES string of the molecule is O=C(Nc1ccc(F)c(-c2nc3ncc(-c4cnn(C5CCNCC5)c4)cc3[nH]2)c1)N1CCCC1. The van der Waals surface area contributed by atoms with Crippen LogP contribution < -0.4 is 10.6 Å². The number of anilines is 1. The number of fused-ring (bicyclic) bond motifs is 1. The number of benzene rings is 1. The summed E-state index contributed by atoms with van der Waals surface area (Å²) in [5.74, 6) is -0.0588. The van der Waals surface area contributed by atoms with Gasteiger partial charge in [0.2, 0.25) is 0 Å². The minimum Gasteiger partial charge on any atom is -0.336 e. The summed E-state index contributed by atoms with van der Waals surface area (Å²) in [7, 11) is 0. The second-order valence-corrected chi connectivity index (χ2v) is 9.19. The number of rotatable bonds is 4. The van der Waals surface area contributed by atoms with E-state index in [2.05, 4.69) is 36.9 Å². The van der Waals surface area contributed by atoms with E-state index in [-0.39, 0.29) is 11.6 Å². The average molecular weight is 475 g/mol. The molecule has 0 radical (unpaired) electrons. The summed E-state index contributed by atoms with van der Waals surface area (Å²) >= 11 is 0. The highest BCUT2D eigenvalue weighted by atomic mass is 19.1. The van der Waals surface area contributed by atoms with Crippen molar-refractivity contribution in [3.8, 4) is 22.5 Å². The van der Waals surface area contributed by atoms with Crippen molar-refractivity contribution in [1.29, 1.82) is 0 Å². The van der Waals surface area contributed by atoms with Gasteiger partial charge in [0.25, 0.3) is 0 Å². The number of H-pyrrole nitrogens is 1. The molecule has 2 aliphatic heterocycles. The van der Waals surface area contributed by atoms with Crippen LogP contribution in [0.25, 0.3) is 33.7 Å². The number of pyridine rings is 1. The number of carbonyl (C=O) groups is 1. The third-order valence-corrected chi connectivity index (χ3v) is 6.82. The molecule has 2 aliphatic rings. The molecule has 4 aromatic rings. The van der Waals surface area contributed by atoms with Crippen LogP contribution in [0.15, 0.2) is 42.9 Å². The predicted molar refractivity (Wildman–Crippen MR) is 131 cm³/mol. The number of halogens is 1. The predicted octanol–water partition coefficient (Wildman–Crippen LogP) is 4.18. The zero-order valence-corrected chi connectivity index (χ0v) is 19.3. The summed E-state index contributed by atoms with van der Waals surface area (Å²) in [4.78, 5) is 26.4. The molecule has 3 aromatic heterocycles. The fraction of sp³-hybridized carbons (Fsp3) is 0.360. The van der Waals surface area contributed by atoms with Crippen LogP contribution in [0.2, 0.25) is 0 Å². The fourth-order valence-electron chi connectivity index (χ4n) is 4.85. The molecule has 180 valence electrons. The Hall–Kier alpha value is -3.79. The molecule has 9 nitrogen and oxygen atoms in total. The number of hydrogen-bond donors (Lipinski definition) is 3. The van der Waals surface area contributed by atoms with Gasteiger partial charge in [-0.2, -0.15) is 5.10 Å². The zero-order chi connectivity index (χ0) is 23.8. The first-order chi connectivity index (χ1) is 17.1. The Kier molecular flexibility index (Phi) is 5.65. The summed E-state index contributed by atoms with van der Waals surface area (Å²) in [6.45, 7) is 3.50. The third kappa shape index (κ3) is 4.37. The fourth-order valence-corrected chi connectivity index (χ4v) is 4.85. The van der Waals surface area contributed by atoms with Crippen LogP contribution in [-0.4, -0.2) is 61.8 Å². The number of hydrogen-bond acceptors (Lipinski definition) is 5. The van der Waals surface area contributed by atoms with E-state index in [0.29, 0.717) is 28.7 Å². The van der Waals surface area contributed by atoms with Gasteiger partial charge in [0.1, 0.15) is 11.6 Å². The average Bonchev–Trinajstić information content (AvgIpc) is 3.66. The molecule has 2 fully saturated rings. The molecular formula is C25H27FN8O. The van der Waals surface area contributed by atoms with Crippen molar-refractivity contribution in [3.63, 3.8) is 0 Å². The molecule has 0 unspecified atom stereocenters. The van der Waals surface area contributed by atoms with Crippen LogP contribution in [0, 0.1) is 5.82 Å². The van der Waals surface area contributed by atoms with Crippen molar-refractivity contribution in [3.05, 3.63) is 48.7 Å². The molecule has 0 bridgehead atoms. The molecule has 35 heavy (non-hydrogen) atoms. The van der Waals surface area contributed by atoms with E-state index in [9.17, 15) is 9.18 Å². The molecule has 1 aromatic carbocycles. The number of aromatic nitrogens is 5. The van der Waals surface area contributed by atoms with Crippen molar-refractivity contribution in [2.24, 2.45) is 0 Å². The highest BCUT2D eigenvalue weighted by Crippen LogP contribution is 2.29. The van der Waals surface area contributed by atoms with Crippen LogP contribution in [0.3, 0.4) is 0 Å². The van der Waals surface area contributed by atoms with Gasteiger partial charge in [0.05, 0.1) is 23.3 Å². The van der Waals surface area contributed by atoms with E-state index in [0.717, 1.165) is 63.0 Å². The number of imidazole rings is 1. The van der Waals surface area contributed by atoms with Gasteiger partial charge in [0, 0.05) is 42.3 Å². The quantitative estimate of drug-likeness (QED) is 0.412. The van der Waals surface area contributed by atoms with Gasteiger partial charge in [-0.3, -0.25) is 4.68 Å². The normalized spacial score (nSPS) is 16.8. The molecule has 10 heteroatoms. The standard InChI is InChI=1S/C25H27FN8O/c26-21-4-3-18(30-25(35)33-9-1-2-10-33)12-20(21)23-31-22-11-16(13-28-24(22)32-23)17-14-29-34(15-17)19-5-7-27-8-6-19/h3-4,11-15,19,27H,1-2,5-10H2,(H,30,35)(H,28,31,32). The number of urea groups is 1. The zero-order valence-electron chi connectivity index (χ0n) is 19.3. The maximum Gasteiger partial charge on any atom is 0.321 e. The topological polar surface area (TPSA) is 104 Å². The van der Waals surface area contributed by atoms with Crippen LogP contribution >= 0.6 is 0 Å². The van der Waals surface area contributed by atoms with Crippen LogP contribution in [0.5, 0.6) is 0 Å². The second kappa shape index (κ2) is 9.10. The Balaban J connectivity index is 1.26. The number of likely N-dealkylation sites (tertiary alicyclic amines) is 1. The second-order valence-electron chi connectivity index (χ2n) is 9.19. The Morgan fingerprint density at radius 1 is 1.09 bits per heavy atom. The van der Waals surface area contributed by atoms with Crippen molar-refractivity contribution < 1.29 is 9.18 Å². The smallest absolute Gasteiger partial charge is 0.321 e. The molecule has 0 saturated carbocycles. The lowest BCUT2D eigenvalue weighted by Gasteiger charge is -2.22. The van der Waals surface area contributed by atoms with Crippen molar-refractivity contribution in [2.75, 3.05) is 31.5 Å². The Bertz CT molecular complexity index is 1370. The Morgan fingerprint density at radius 3 is 2.74 bits per heavy atom. The van der Waals surface area contributed by atoms with Gasteiger partial charge in [-0.25, -0.2) is 19.2 Å². The highest BCUT2D eigenvalue weighted by molar-refractivity contribution is 5.90. The highest BCUT2D eigenvalue weighted by Gasteiger charge is 2.20. The van der Waals surface area contributed by atoms with Gasteiger partial charge < -0.3 is 20.5 Å². The van der Waals surface area contributed by atoms with Gasteiger partial charge >= 0.3 is 6.03 Å². The summed E-state index contributed by atoms with van der Waals surface area (Å²) in [6.07, 6.45) is 9.82. The largest absolute Gasteiger partial charge is 0.336 e. The number of aromatic amines is 1. The van der Waals surface area contributed by atoms with E-state index in [4.69, 9.17) is 0 Å². The third-order valence-electron chi connectivity index (χ3n) is 6.82. The number of carbonyl (C=O) groups excluding carboxylic acids is 1. The summed E-state index contributed by atoms with van der Waals surface area (Å²) in [5, 5.41) is 10.8. The first kappa shape index (κ1) is 21.7. The van der Waals surface area contributed by atoms with Crippen LogP contribution in [0.1, 0.15) is 31.7 Å². The molecule has 3 N–H and O–H groups in total. The number of nitrogens with zero attached hydrogens (tertiary/aromatic N) is 5. The first-order valence-electron chi connectivity index (χ1n) is 12.1. The van der Waals surface area contributed by atoms with Gasteiger partial charge in [0.15, 0.2) is 5.65 Å². The van der Waals surface area contributed by atoms with Crippen molar-refractivity contribution >= 4 is 22.9 Å². The van der Waals surface area contributed by atoms with Gasteiger partial charge in [-0.05, 0) is 63.0 Å². The van der Waals surface area contributed by atoms with E-state index >= 15 is 0 Å². The van der Waals surface area contributed by atoms with E-state index in [1.807, 2.05) is 16.9 Å². The maximum atomic E-state index is 14.7. The first-order valence-corrected chi connectivity index (χ1v) is 12.1. The number of amides is 2. The lowest BCUT2D eigenvalue weighted by molar-refractivity contribution is 0.222. The van der Waals surface area contributed by atoms with Crippen molar-refractivity contribution in [2.45, 2.75) is 31.7 Å². The Morgan fingerprint density at radius 2 is 1.91 bits per heavy atom. The minimum atomic E-state index is -0.424. The summed E-state index contributed by atoms with van der Waals surface area (Å²) in [6, 6.07) is 6.70. The minimum absolute atomic E-state index is 0.166. The molecular weight excluding hydrogens is 447 g/mol. The van der Waals surface area contributed by atoms with Crippen molar-refractivity contribution in [1.82, 2.24) is 34.9 Å². The molecule has 2 amide bonds. The Labute approximate surface area is 201 Å². The number of piperidine rings is 1. The molecule has 0 atom stereocenters. The van der Waals surface area contributed by atoms with E-state index < -0.39 is 5.82 Å². The maximum absolute atomic E-state index is 14.7. The molecule has 2 saturated heterocycles. The van der Waals surface area contributed by atoms with E-state index in [1.54, 1.807) is 23.2 Å². The molecule has 0 aliphatic carbocycles. The van der Waals surface area contributed by atoms with Gasteiger partial charge in [-0.1, -0.05) is 0 Å². The monoisotopic (exact) mass is 474 g/mol.